The van der Waals surface area contributed by atoms with Crippen LogP contribution in [-0.2, 0) is 23.9 Å². The number of nitrogens with zero attached hydrogens (tertiary/aromatic N) is 2. The van der Waals surface area contributed by atoms with Crippen LogP contribution in [0.5, 0.6) is 0 Å². The third-order valence-electron chi connectivity index (χ3n) is 9.07. The molecule has 0 radical (unpaired) electrons. The van der Waals surface area contributed by atoms with Crippen molar-refractivity contribution < 1.29 is 29.0 Å². The van der Waals surface area contributed by atoms with Crippen molar-refractivity contribution in [2.75, 3.05) is 24.7 Å². The average Bonchev–Trinajstić information content (AvgIpc) is 3.36. The first-order valence-electron chi connectivity index (χ1n) is 13.7. The van der Waals surface area contributed by atoms with Crippen molar-refractivity contribution in [1.82, 2.24) is 4.90 Å². The predicted molar refractivity (Wildman–Crippen MR) is 144 cm³/mol. The van der Waals surface area contributed by atoms with Gasteiger partial charge in [-0.3, -0.25) is 14.4 Å². The number of anilines is 1. The van der Waals surface area contributed by atoms with E-state index in [0.29, 0.717) is 6.42 Å². The maximum atomic E-state index is 14.7. The molecule has 8 nitrogen and oxygen atoms in total. The second kappa shape index (κ2) is 10.1. The second-order valence-corrected chi connectivity index (χ2v) is 11.7. The summed E-state index contributed by atoms with van der Waals surface area (Å²) in [5.41, 5.74) is 0.506. The van der Waals surface area contributed by atoms with Gasteiger partial charge < -0.3 is 24.4 Å². The minimum atomic E-state index is -1.21. The number of hydrogen-bond donors (Lipinski definition) is 1. The fraction of sp³-hybridized carbons (Fsp3) is 0.633. The van der Waals surface area contributed by atoms with E-state index < -0.39 is 41.1 Å². The van der Waals surface area contributed by atoms with Crippen LogP contribution in [0.4, 0.5) is 5.69 Å². The lowest BCUT2D eigenvalue weighted by Crippen LogP contribution is -2.60. The highest BCUT2D eigenvalue weighted by molar-refractivity contribution is 6.05. The Bertz CT molecular complexity index is 1130. The van der Waals surface area contributed by atoms with Crippen LogP contribution in [0.2, 0.25) is 0 Å². The van der Waals surface area contributed by atoms with Crippen LogP contribution < -0.4 is 4.90 Å². The van der Waals surface area contributed by atoms with Crippen LogP contribution in [0, 0.1) is 37.5 Å². The normalized spacial score (nSPS) is 32.4. The number of esters is 1. The molecule has 3 aliphatic heterocycles. The van der Waals surface area contributed by atoms with Crippen molar-refractivity contribution in [3.05, 3.63) is 42.0 Å². The Hall–Kier alpha value is -2.71. The van der Waals surface area contributed by atoms with Crippen LogP contribution >= 0.6 is 0 Å². The summed E-state index contributed by atoms with van der Waals surface area (Å²) in [5, 5.41) is 10.4. The lowest BCUT2D eigenvalue weighted by atomic mass is 9.62. The number of aliphatic hydroxyl groups is 1. The summed E-state index contributed by atoms with van der Waals surface area (Å²) in [4.78, 5) is 45.6. The summed E-state index contributed by atoms with van der Waals surface area (Å²) in [6.45, 7) is 17.3. The summed E-state index contributed by atoms with van der Waals surface area (Å²) in [6, 6.07) is 4.29. The van der Waals surface area contributed by atoms with Gasteiger partial charge in [0.2, 0.25) is 5.91 Å². The summed E-state index contributed by atoms with van der Waals surface area (Å²) < 4.78 is 12.2. The third-order valence-corrected chi connectivity index (χ3v) is 9.07. The molecule has 208 valence electrons. The van der Waals surface area contributed by atoms with Crippen LogP contribution in [-0.4, -0.2) is 70.8 Å². The van der Waals surface area contributed by atoms with Gasteiger partial charge >= 0.3 is 5.97 Å². The summed E-state index contributed by atoms with van der Waals surface area (Å²) in [6.07, 6.45) is 2.12. The maximum Gasteiger partial charge on any atom is 0.312 e. The number of carbonyl (C=O) groups excluding carboxylic acids is 3. The minimum absolute atomic E-state index is 0.0867. The maximum absolute atomic E-state index is 14.7. The van der Waals surface area contributed by atoms with Crippen molar-refractivity contribution in [1.29, 1.82) is 0 Å². The molecule has 3 heterocycles. The van der Waals surface area contributed by atoms with Gasteiger partial charge in [0, 0.05) is 12.2 Å². The molecule has 1 spiro atoms. The average molecular weight is 527 g/mol. The van der Waals surface area contributed by atoms with E-state index >= 15 is 0 Å². The Balaban J connectivity index is 1.92. The lowest BCUT2D eigenvalue weighted by Gasteiger charge is -2.41. The van der Waals surface area contributed by atoms with Crippen LogP contribution in [0.3, 0.4) is 0 Å². The Morgan fingerprint density at radius 2 is 2.03 bits per heavy atom. The van der Waals surface area contributed by atoms with E-state index in [1.54, 1.807) is 17.9 Å². The molecule has 0 aromatic heterocycles. The Labute approximate surface area is 226 Å². The zero-order valence-corrected chi connectivity index (χ0v) is 23.7. The molecule has 7 atom stereocenters. The number of likely N-dealkylation sites (tertiary alicyclic amines) is 1. The second-order valence-electron chi connectivity index (χ2n) is 11.7. The van der Waals surface area contributed by atoms with E-state index in [-0.39, 0.29) is 43.4 Å². The molecule has 3 fully saturated rings. The Kier molecular flexibility index (Phi) is 7.53. The fourth-order valence-electron chi connectivity index (χ4n) is 7.12. The minimum Gasteiger partial charge on any atom is -0.466 e. The van der Waals surface area contributed by atoms with E-state index in [0.717, 1.165) is 16.8 Å². The Morgan fingerprint density at radius 3 is 2.61 bits per heavy atom. The van der Waals surface area contributed by atoms with E-state index in [9.17, 15) is 19.5 Å². The molecule has 1 aromatic carbocycles. The fourth-order valence-corrected chi connectivity index (χ4v) is 7.12. The summed E-state index contributed by atoms with van der Waals surface area (Å²) >= 11 is 0. The van der Waals surface area contributed by atoms with Crippen molar-refractivity contribution in [3.8, 4) is 0 Å². The van der Waals surface area contributed by atoms with Gasteiger partial charge in [0.1, 0.15) is 17.6 Å². The quantitative estimate of drug-likeness (QED) is 0.391. The van der Waals surface area contributed by atoms with Gasteiger partial charge in [0.25, 0.3) is 5.91 Å². The molecule has 3 unspecified atom stereocenters. The van der Waals surface area contributed by atoms with Crippen LogP contribution in [0.25, 0.3) is 0 Å². The van der Waals surface area contributed by atoms with Crippen molar-refractivity contribution in [3.63, 3.8) is 0 Å². The lowest BCUT2D eigenvalue weighted by molar-refractivity contribution is -0.162. The van der Waals surface area contributed by atoms with E-state index in [1.807, 2.05) is 59.7 Å². The molecule has 0 saturated carbocycles. The number of rotatable bonds is 9. The van der Waals surface area contributed by atoms with Gasteiger partial charge in [-0.25, -0.2) is 0 Å². The van der Waals surface area contributed by atoms with Gasteiger partial charge in [0.15, 0.2) is 0 Å². The van der Waals surface area contributed by atoms with E-state index in [2.05, 4.69) is 6.58 Å². The number of benzene rings is 1. The number of hydrogen-bond acceptors (Lipinski definition) is 6. The highest BCUT2D eigenvalue weighted by atomic mass is 16.6. The van der Waals surface area contributed by atoms with E-state index in [1.165, 1.54) is 4.90 Å². The molecule has 3 aliphatic rings. The van der Waals surface area contributed by atoms with Crippen LogP contribution in [0.15, 0.2) is 30.9 Å². The first kappa shape index (κ1) is 28.3. The number of amides is 2. The first-order chi connectivity index (χ1) is 17.9. The molecule has 0 aliphatic carbocycles. The smallest absolute Gasteiger partial charge is 0.312 e. The SMILES string of the molecule is C=CCN(C(=O)C1N([C@@H](CO)C(C)C)C(=O)[C@@H]2[C@@H](C(=O)OCC)[C@]3(C)OC12CC3C)c1cc(C)ccc1C. The summed E-state index contributed by atoms with van der Waals surface area (Å²) in [5.74, 6) is -3.02. The van der Waals surface area contributed by atoms with Gasteiger partial charge in [-0.1, -0.05) is 39.0 Å². The number of aliphatic hydroxyl groups excluding tert-OH is 1. The molecule has 1 aromatic rings. The molecule has 4 rings (SSSR count). The highest BCUT2D eigenvalue weighted by Gasteiger charge is 2.81. The van der Waals surface area contributed by atoms with Gasteiger partial charge in [0.05, 0.1) is 30.8 Å². The molecule has 38 heavy (non-hydrogen) atoms. The highest BCUT2D eigenvalue weighted by Crippen LogP contribution is 2.66. The standard InChI is InChI=1S/C30H42N2O6/c1-9-13-31(21-14-18(5)11-12-19(21)6)27(35)25-30-15-20(7)29(8,38-30)24(28(36)37-10-2)23(30)26(34)32(25)22(16-33)17(3)4/h9,11-12,14,17,20,22-25,33H,1,10,13,15-16H2,2-8H3/t20?,22-,23-,24-,25?,29+,30?/m0/s1. The third kappa shape index (κ3) is 3.99. The topological polar surface area (TPSA) is 96.4 Å². The van der Waals surface area contributed by atoms with E-state index in [4.69, 9.17) is 9.47 Å². The van der Waals surface area contributed by atoms with Gasteiger partial charge in [-0.2, -0.15) is 0 Å². The first-order valence-corrected chi connectivity index (χ1v) is 13.7. The number of carbonyl (C=O) groups is 3. The zero-order valence-electron chi connectivity index (χ0n) is 23.7. The van der Waals surface area contributed by atoms with Gasteiger partial charge in [-0.05, 0) is 63.1 Å². The number of aryl methyl sites for hydroxylation is 2. The Morgan fingerprint density at radius 1 is 1.34 bits per heavy atom. The predicted octanol–water partition coefficient (Wildman–Crippen LogP) is 3.41. The largest absolute Gasteiger partial charge is 0.466 e. The molecular weight excluding hydrogens is 484 g/mol. The van der Waals surface area contributed by atoms with Crippen molar-refractivity contribution in [2.45, 2.75) is 78.2 Å². The molecule has 2 bridgehead atoms. The molecule has 8 heteroatoms. The molecule has 3 saturated heterocycles. The summed E-state index contributed by atoms with van der Waals surface area (Å²) in [7, 11) is 0. The monoisotopic (exact) mass is 526 g/mol. The molecule has 2 amide bonds. The number of ether oxygens (including phenoxy) is 2. The van der Waals surface area contributed by atoms with Crippen molar-refractivity contribution >= 4 is 23.5 Å². The van der Waals surface area contributed by atoms with Crippen molar-refractivity contribution in [2.24, 2.45) is 23.7 Å². The number of fused-ring (bicyclic) bond motifs is 1. The van der Waals surface area contributed by atoms with Gasteiger partial charge in [-0.15, -0.1) is 6.58 Å². The molecular formula is C30H42N2O6. The van der Waals surface area contributed by atoms with Crippen LogP contribution in [0.1, 0.15) is 52.2 Å². The zero-order chi connectivity index (χ0) is 28.2. The molecule has 1 N–H and O–H groups in total.